The minimum atomic E-state index is -0.372. The molecule has 2 nitrogen and oxygen atoms in total. The van der Waals surface area contributed by atoms with Crippen LogP contribution in [0.4, 0.5) is 0 Å². The number of hydrogen-bond donors (Lipinski definition) is 0. The number of hydrogen-bond acceptors (Lipinski definition) is 2. The third-order valence-corrected chi connectivity index (χ3v) is 2.22. The molecule has 0 amide bonds. The zero-order chi connectivity index (χ0) is 11.7. The molecule has 15 heavy (non-hydrogen) atoms. The number of ether oxygens (including phenoxy) is 1. The van der Waals surface area contributed by atoms with Crippen LogP contribution in [0.1, 0.15) is 39.5 Å². The van der Waals surface area contributed by atoms with Crippen molar-refractivity contribution in [1.82, 2.24) is 0 Å². The van der Waals surface area contributed by atoms with Crippen LogP contribution in [-0.4, -0.2) is 12.1 Å². The van der Waals surface area contributed by atoms with Crippen LogP contribution in [0.15, 0.2) is 25.3 Å². The minimum absolute atomic E-state index is 0.164. The average molecular weight is 210 g/mol. The molecule has 86 valence electrons. The lowest BCUT2D eigenvalue weighted by atomic mass is 10.0. The van der Waals surface area contributed by atoms with Gasteiger partial charge in [-0.05, 0) is 18.8 Å². The number of unbranched alkanes of at least 4 members (excludes halogenated alkanes) is 1. The Kier molecular flexibility index (Phi) is 7.69. The maximum absolute atomic E-state index is 10.9. The van der Waals surface area contributed by atoms with Crippen molar-refractivity contribution in [3.8, 4) is 0 Å². The van der Waals surface area contributed by atoms with E-state index in [1.54, 1.807) is 6.08 Å². The molecule has 0 rings (SSSR count). The van der Waals surface area contributed by atoms with Gasteiger partial charge in [0.2, 0.25) is 0 Å². The van der Waals surface area contributed by atoms with Gasteiger partial charge in [0, 0.05) is 6.08 Å². The minimum Gasteiger partial charge on any atom is -0.455 e. The molecule has 0 spiro atoms. The fourth-order valence-corrected chi connectivity index (χ4v) is 1.32. The molecule has 0 heterocycles. The van der Waals surface area contributed by atoms with E-state index in [1.165, 1.54) is 18.9 Å². The Bertz CT molecular complexity index is 207. The Labute approximate surface area is 93.0 Å². The van der Waals surface area contributed by atoms with Crippen LogP contribution < -0.4 is 0 Å². The highest BCUT2D eigenvalue weighted by Gasteiger charge is 2.07. The zero-order valence-electron chi connectivity index (χ0n) is 9.87. The van der Waals surface area contributed by atoms with Gasteiger partial charge in [-0.15, -0.1) is 0 Å². The fraction of sp³-hybridized carbons (Fsp3) is 0.615. The number of esters is 1. The van der Waals surface area contributed by atoms with Gasteiger partial charge in [-0.2, -0.15) is 0 Å². The molecule has 0 aromatic carbocycles. The van der Waals surface area contributed by atoms with Crippen LogP contribution >= 0.6 is 0 Å². The van der Waals surface area contributed by atoms with Crippen molar-refractivity contribution in [2.24, 2.45) is 5.92 Å². The number of carbonyl (C=O) groups is 1. The topological polar surface area (TPSA) is 26.3 Å². The van der Waals surface area contributed by atoms with Crippen molar-refractivity contribution in [3.63, 3.8) is 0 Å². The van der Waals surface area contributed by atoms with E-state index in [4.69, 9.17) is 4.74 Å². The molecule has 0 bridgehead atoms. The van der Waals surface area contributed by atoms with Crippen molar-refractivity contribution < 1.29 is 9.53 Å². The van der Waals surface area contributed by atoms with E-state index in [2.05, 4.69) is 27.0 Å². The lowest BCUT2D eigenvalue weighted by Crippen LogP contribution is -2.13. The summed E-state index contributed by atoms with van der Waals surface area (Å²) in [5, 5.41) is 0. The van der Waals surface area contributed by atoms with Gasteiger partial charge in [0.15, 0.2) is 0 Å². The molecule has 2 heteroatoms. The predicted molar refractivity (Wildman–Crippen MR) is 63.6 cm³/mol. The molecule has 0 aromatic heterocycles. The summed E-state index contributed by atoms with van der Waals surface area (Å²) in [7, 11) is 0. The molecule has 0 N–H and O–H groups in total. The van der Waals surface area contributed by atoms with Crippen molar-refractivity contribution in [1.29, 1.82) is 0 Å². The first-order valence-electron chi connectivity index (χ1n) is 5.55. The second kappa shape index (κ2) is 8.27. The van der Waals surface area contributed by atoms with E-state index in [0.29, 0.717) is 0 Å². The zero-order valence-corrected chi connectivity index (χ0v) is 9.87. The molecule has 0 aromatic rings. The van der Waals surface area contributed by atoms with Crippen molar-refractivity contribution in [3.05, 3.63) is 25.3 Å². The van der Waals surface area contributed by atoms with Gasteiger partial charge in [0.25, 0.3) is 0 Å². The summed E-state index contributed by atoms with van der Waals surface area (Å²) < 4.78 is 5.08. The Balaban J connectivity index is 3.66. The number of rotatable bonds is 8. The summed E-state index contributed by atoms with van der Waals surface area (Å²) in [6.07, 6.45) is 7.02. The van der Waals surface area contributed by atoms with Crippen LogP contribution in [0.5, 0.6) is 0 Å². The summed E-state index contributed by atoms with van der Waals surface area (Å²) in [5.74, 6) is 0.367. The molecule has 0 aliphatic rings. The van der Waals surface area contributed by atoms with E-state index in [-0.39, 0.29) is 12.1 Å². The molecular formula is C13H22O2. The summed E-state index contributed by atoms with van der Waals surface area (Å²) in [4.78, 5) is 10.9. The van der Waals surface area contributed by atoms with E-state index >= 15 is 0 Å². The maximum Gasteiger partial charge on any atom is 0.330 e. The second-order valence-corrected chi connectivity index (χ2v) is 4.09. The average Bonchev–Trinajstić information content (AvgIpc) is 2.21. The first-order valence-corrected chi connectivity index (χ1v) is 5.55. The molecule has 0 aliphatic carbocycles. The van der Waals surface area contributed by atoms with E-state index in [1.807, 2.05) is 0 Å². The summed E-state index contributed by atoms with van der Waals surface area (Å²) in [6.45, 7) is 11.4. The third-order valence-electron chi connectivity index (χ3n) is 2.22. The normalized spacial score (nSPS) is 12.2. The Hall–Kier alpha value is -1.05. The van der Waals surface area contributed by atoms with Crippen LogP contribution in [0.3, 0.4) is 0 Å². The highest BCUT2D eigenvalue weighted by atomic mass is 16.5. The molecule has 1 unspecified atom stereocenters. The quantitative estimate of drug-likeness (QED) is 0.265. The van der Waals surface area contributed by atoms with Gasteiger partial charge in [-0.25, -0.2) is 4.79 Å². The fourth-order valence-electron chi connectivity index (χ4n) is 1.32. The van der Waals surface area contributed by atoms with Gasteiger partial charge in [-0.3, -0.25) is 0 Å². The maximum atomic E-state index is 10.9. The van der Waals surface area contributed by atoms with E-state index in [9.17, 15) is 4.79 Å². The lowest BCUT2D eigenvalue weighted by Gasteiger charge is -2.12. The number of carbonyl (C=O) groups excluding carboxylic acids is 1. The molecule has 0 saturated carbocycles. The van der Waals surface area contributed by atoms with Crippen LogP contribution in [-0.2, 0) is 9.53 Å². The Morgan fingerprint density at radius 1 is 1.27 bits per heavy atom. The first-order chi connectivity index (χ1) is 7.10. The molecule has 0 aliphatic heterocycles. The van der Waals surface area contributed by atoms with Crippen LogP contribution in [0.2, 0.25) is 0 Å². The predicted octanol–water partition coefficient (Wildman–Crippen LogP) is 3.49. The lowest BCUT2D eigenvalue weighted by molar-refractivity contribution is -0.141. The van der Waals surface area contributed by atoms with Crippen LogP contribution in [0, 0.1) is 5.92 Å². The summed E-state index contributed by atoms with van der Waals surface area (Å²) in [6, 6.07) is 0. The van der Waals surface area contributed by atoms with Crippen molar-refractivity contribution >= 4 is 5.97 Å². The van der Waals surface area contributed by atoms with E-state index < -0.39 is 0 Å². The van der Waals surface area contributed by atoms with Gasteiger partial charge in [0.05, 0.1) is 0 Å². The Morgan fingerprint density at radius 3 is 2.33 bits per heavy atom. The van der Waals surface area contributed by atoms with Crippen molar-refractivity contribution in [2.75, 3.05) is 0 Å². The summed E-state index contributed by atoms with van der Waals surface area (Å²) in [5.41, 5.74) is 0. The van der Waals surface area contributed by atoms with Gasteiger partial charge in [0.1, 0.15) is 6.10 Å². The monoisotopic (exact) mass is 210 g/mol. The SMILES string of the molecule is C=CC(=O)OC(C=C)CCCCC(C)C. The Morgan fingerprint density at radius 2 is 1.87 bits per heavy atom. The van der Waals surface area contributed by atoms with Crippen LogP contribution in [0.25, 0.3) is 0 Å². The standard InChI is InChI=1S/C13H22O2/c1-5-12(15-13(14)6-2)10-8-7-9-11(3)4/h5-6,11-12H,1-2,7-10H2,3-4H3. The van der Waals surface area contributed by atoms with Gasteiger partial charge < -0.3 is 4.74 Å². The first kappa shape index (κ1) is 13.9. The summed E-state index contributed by atoms with van der Waals surface area (Å²) >= 11 is 0. The van der Waals surface area contributed by atoms with Crippen molar-refractivity contribution in [2.45, 2.75) is 45.6 Å². The molecular weight excluding hydrogens is 188 g/mol. The highest BCUT2D eigenvalue weighted by Crippen LogP contribution is 2.12. The smallest absolute Gasteiger partial charge is 0.330 e. The molecule has 0 radical (unpaired) electrons. The highest BCUT2D eigenvalue weighted by molar-refractivity contribution is 5.81. The molecule has 0 fully saturated rings. The molecule has 1 atom stereocenters. The largest absolute Gasteiger partial charge is 0.455 e. The van der Waals surface area contributed by atoms with Gasteiger partial charge in [-0.1, -0.05) is 45.9 Å². The van der Waals surface area contributed by atoms with E-state index in [0.717, 1.165) is 18.8 Å². The molecule has 0 saturated heterocycles. The second-order valence-electron chi connectivity index (χ2n) is 4.09. The third kappa shape index (κ3) is 7.98. The van der Waals surface area contributed by atoms with Gasteiger partial charge >= 0.3 is 5.97 Å².